The Bertz CT molecular complexity index is 478. The number of hydrogen-bond acceptors (Lipinski definition) is 4. The quantitative estimate of drug-likeness (QED) is 0.815. The molecule has 0 atom stereocenters. The van der Waals surface area contributed by atoms with Crippen molar-refractivity contribution in [3.05, 3.63) is 24.3 Å². The first kappa shape index (κ1) is 9.51. The van der Waals surface area contributed by atoms with E-state index in [4.69, 9.17) is 9.26 Å². The maximum absolute atomic E-state index is 11.1. The Labute approximate surface area is 86.0 Å². The molecule has 0 radical (unpaired) electrons. The molecule has 0 aliphatic heterocycles. The fraction of sp³-hybridized carbons (Fsp3) is 0.200. The SMILES string of the molecule is CCNC(=O)Oc1noc2ccccc12. The van der Waals surface area contributed by atoms with Crippen LogP contribution in [0.5, 0.6) is 5.88 Å². The standard InChI is InChI=1S/C10H10N2O3/c1-2-11-10(13)14-9-7-5-3-4-6-8(7)15-12-9/h3-6H,2H2,1H3,(H,11,13). The third-order valence-corrected chi connectivity index (χ3v) is 1.85. The van der Waals surface area contributed by atoms with Gasteiger partial charge in [0.25, 0.3) is 5.88 Å². The molecule has 78 valence electrons. The van der Waals surface area contributed by atoms with Crippen LogP contribution in [0.3, 0.4) is 0 Å². The van der Waals surface area contributed by atoms with Gasteiger partial charge >= 0.3 is 6.09 Å². The lowest BCUT2D eigenvalue weighted by molar-refractivity contribution is 0.197. The molecule has 15 heavy (non-hydrogen) atoms. The Balaban J connectivity index is 2.25. The van der Waals surface area contributed by atoms with Gasteiger partial charge < -0.3 is 14.6 Å². The topological polar surface area (TPSA) is 64.4 Å². The van der Waals surface area contributed by atoms with Gasteiger partial charge in [0.15, 0.2) is 5.58 Å². The van der Waals surface area contributed by atoms with E-state index >= 15 is 0 Å². The van der Waals surface area contributed by atoms with Crippen LogP contribution in [0.2, 0.25) is 0 Å². The summed E-state index contributed by atoms with van der Waals surface area (Å²) in [6.45, 7) is 2.32. The fourth-order valence-corrected chi connectivity index (χ4v) is 1.20. The highest BCUT2D eigenvalue weighted by Crippen LogP contribution is 2.23. The van der Waals surface area contributed by atoms with Crippen molar-refractivity contribution in [2.75, 3.05) is 6.54 Å². The number of ether oxygens (including phenoxy) is 1. The third-order valence-electron chi connectivity index (χ3n) is 1.85. The molecular weight excluding hydrogens is 196 g/mol. The van der Waals surface area contributed by atoms with Crippen LogP contribution in [0.25, 0.3) is 11.0 Å². The van der Waals surface area contributed by atoms with Gasteiger partial charge in [0.05, 0.1) is 5.39 Å². The average molecular weight is 206 g/mol. The molecular formula is C10H10N2O3. The Hall–Kier alpha value is -2.04. The van der Waals surface area contributed by atoms with Crippen LogP contribution >= 0.6 is 0 Å². The number of nitrogens with zero attached hydrogens (tertiary/aromatic N) is 1. The molecule has 0 saturated carbocycles. The van der Waals surface area contributed by atoms with E-state index in [0.717, 1.165) is 0 Å². The summed E-state index contributed by atoms with van der Waals surface area (Å²) in [6, 6.07) is 7.18. The van der Waals surface area contributed by atoms with E-state index in [1.807, 2.05) is 19.1 Å². The number of aromatic nitrogens is 1. The van der Waals surface area contributed by atoms with Crippen molar-refractivity contribution < 1.29 is 14.1 Å². The predicted octanol–water partition coefficient (Wildman–Crippen LogP) is 1.94. The van der Waals surface area contributed by atoms with Crippen LogP contribution in [0, 0.1) is 0 Å². The van der Waals surface area contributed by atoms with E-state index in [2.05, 4.69) is 10.5 Å². The molecule has 0 fully saturated rings. The number of rotatable bonds is 2. The van der Waals surface area contributed by atoms with Gasteiger partial charge in [-0.2, -0.15) is 0 Å². The summed E-state index contributed by atoms with van der Waals surface area (Å²) >= 11 is 0. The smallest absolute Gasteiger partial charge is 0.387 e. The lowest BCUT2D eigenvalue weighted by Crippen LogP contribution is -2.26. The molecule has 1 aromatic heterocycles. The second kappa shape index (κ2) is 4.00. The summed E-state index contributed by atoms with van der Waals surface area (Å²) in [7, 11) is 0. The summed E-state index contributed by atoms with van der Waals surface area (Å²) in [6.07, 6.45) is -0.531. The highest BCUT2D eigenvalue weighted by molar-refractivity contribution is 5.84. The Morgan fingerprint density at radius 1 is 1.53 bits per heavy atom. The zero-order chi connectivity index (χ0) is 10.7. The van der Waals surface area contributed by atoms with Crippen molar-refractivity contribution in [3.8, 4) is 5.88 Å². The first-order chi connectivity index (χ1) is 7.31. The predicted molar refractivity (Wildman–Crippen MR) is 53.7 cm³/mol. The van der Waals surface area contributed by atoms with E-state index in [1.54, 1.807) is 12.1 Å². The minimum atomic E-state index is -0.531. The van der Waals surface area contributed by atoms with E-state index in [9.17, 15) is 4.79 Å². The van der Waals surface area contributed by atoms with E-state index in [-0.39, 0.29) is 5.88 Å². The van der Waals surface area contributed by atoms with Crippen molar-refractivity contribution in [1.29, 1.82) is 0 Å². The molecule has 0 unspecified atom stereocenters. The zero-order valence-corrected chi connectivity index (χ0v) is 8.19. The molecule has 0 spiro atoms. The van der Waals surface area contributed by atoms with Crippen molar-refractivity contribution >= 4 is 17.1 Å². The van der Waals surface area contributed by atoms with Crippen molar-refractivity contribution in [2.24, 2.45) is 0 Å². The molecule has 5 nitrogen and oxygen atoms in total. The molecule has 0 bridgehead atoms. The molecule has 0 aliphatic rings. The Morgan fingerprint density at radius 3 is 3.13 bits per heavy atom. The van der Waals surface area contributed by atoms with Crippen LogP contribution in [0.15, 0.2) is 28.8 Å². The fourth-order valence-electron chi connectivity index (χ4n) is 1.20. The van der Waals surface area contributed by atoms with E-state index in [0.29, 0.717) is 17.5 Å². The molecule has 0 saturated heterocycles. The molecule has 1 N–H and O–H groups in total. The van der Waals surface area contributed by atoms with Gasteiger partial charge in [-0.1, -0.05) is 12.1 Å². The number of para-hydroxylation sites is 1. The van der Waals surface area contributed by atoms with Crippen LogP contribution in [-0.2, 0) is 0 Å². The minimum absolute atomic E-state index is 0.191. The number of hydrogen-bond donors (Lipinski definition) is 1. The second-order valence-electron chi connectivity index (χ2n) is 2.90. The maximum Gasteiger partial charge on any atom is 0.414 e. The third kappa shape index (κ3) is 1.90. The van der Waals surface area contributed by atoms with Crippen LogP contribution in [0.4, 0.5) is 4.79 Å². The summed E-state index contributed by atoms with van der Waals surface area (Å²) in [4.78, 5) is 11.1. The largest absolute Gasteiger partial charge is 0.414 e. The van der Waals surface area contributed by atoms with Gasteiger partial charge in [-0.15, -0.1) is 0 Å². The van der Waals surface area contributed by atoms with Crippen molar-refractivity contribution in [3.63, 3.8) is 0 Å². The highest BCUT2D eigenvalue weighted by Gasteiger charge is 2.11. The molecule has 1 aromatic carbocycles. The van der Waals surface area contributed by atoms with E-state index < -0.39 is 6.09 Å². The van der Waals surface area contributed by atoms with Crippen LogP contribution in [0.1, 0.15) is 6.92 Å². The number of nitrogens with one attached hydrogen (secondary N) is 1. The van der Waals surface area contributed by atoms with Gasteiger partial charge in [-0.25, -0.2) is 4.79 Å². The highest BCUT2D eigenvalue weighted by atomic mass is 16.6. The molecule has 2 aromatic rings. The summed E-state index contributed by atoms with van der Waals surface area (Å²) in [5.74, 6) is 0.191. The maximum atomic E-state index is 11.1. The molecule has 0 aliphatic carbocycles. The van der Waals surface area contributed by atoms with Gasteiger partial charge in [-0.3, -0.25) is 0 Å². The molecule has 1 heterocycles. The Kier molecular flexibility index (Phi) is 2.53. The second-order valence-corrected chi connectivity index (χ2v) is 2.90. The first-order valence-electron chi connectivity index (χ1n) is 4.61. The van der Waals surface area contributed by atoms with Crippen molar-refractivity contribution in [1.82, 2.24) is 10.5 Å². The minimum Gasteiger partial charge on any atom is -0.387 e. The number of fused-ring (bicyclic) bond motifs is 1. The van der Waals surface area contributed by atoms with E-state index in [1.165, 1.54) is 0 Å². The van der Waals surface area contributed by atoms with Crippen LogP contribution in [-0.4, -0.2) is 17.8 Å². The average Bonchev–Trinajstić information content (AvgIpc) is 2.62. The molecule has 5 heteroatoms. The normalized spacial score (nSPS) is 10.2. The summed E-state index contributed by atoms with van der Waals surface area (Å²) < 4.78 is 9.93. The summed E-state index contributed by atoms with van der Waals surface area (Å²) in [5, 5.41) is 6.85. The molecule has 2 rings (SSSR count). The summed E-state index contributed by atoms with van der Waals surface area (Å²) in [5.41, 5.74) is 0.594. The van der Waals surface area contributed by atoms with Crippen molar-refractivity contribution in [2.45, 2.75) is 6.92 Å². The number of benzene rings is 1. The molecule has 1 amide bonds. The van der Waals surface area contributed by atoms with Gasteiger partial charge in [-0.05, 0) is 24.2 Å². The number of carbonyl (C=O) groups excluding carboxylic acids is 1. The monoisotopic (exact) mass is 206 g/mol. The lowest BCUT2D eigenvalue weighted by atomic mass is 10.3. The Morgan fingerprint density at radius 2 is 2.33 bits per heavy atom. The van der Waals surface area contributed by atoms with Gasteiger partial charge in [0.2, 0.25) is 0 Å². The first-order valence-corrected chi connectivity index (χ1v) is 4.61. The lowest BCUT2D eigenvalue weighted by Gasteiger charge is -2.00. The van der Waals surface area contributed by atoms with Gasteiger partial charge in [0, 0.05) is 6.54 Å². The van der Waals surface area contributed by atoms with Gasteiger partial charge in [0.1, 0.15) is 0 Å². The number of carbonyl (C=O) groups is 1. The number of amides is 1. The van der Waals surface area contributed by atoms with Crippen LogP contribution < -0.4 is 10.1 Å². The zero-order valence-electron chi connectivity index (χ0n) is 8.19.